The van der Waals surface area contributed by atoms with E-state index in [4.69, 9.17) is 14.2 Å². The second-order valence-electron chi connectivity index (χ2n) is 7.74. The van der Waals surface area contributed by atoms with Gasteiger partial charge in [0.1, 0.15) is 6.61 Å². The molecular weight excluding hydrogens is 544 g/mol. The Hall–Kier alpha value is -3.56. The molecule has 7 nitrogen and oxygen atoms in total. The summed E-state index contributed by atoms with van der Waals surface area (Å²) < 4.78 is 17.2. The number of thioether (sulfide) groups is 1. The summed E-state index contributed by atoms with van der Waals surface area (Å²) in [5.74, 6) is 0.563. The van der Waals surface area contributed by atoms with Crippen LogP contribution >= 0.6 is 27.7 Å². The van der Waals surface area contributed by atoms with E-state index < -0.39 is 5.97 Å². The molecule has 1 heterocycles. The van der Waals surface area contributed by atoms with Gasteiger partial charge in [-0.05, 0) is 71.4 Å². The van der Waals surface area contributed by atoms with Gasteiger partial charge in [0.2, 0.25) is 0 Å². The molecule has 0 radical (unpaired) electrons. The minimum Gasteiger partial charge on any atom is -0.493 e. The summed E-state index contributed by atoms with van der Waals surface area (Å²) in [6, 6.07) is 20.2. The molecule has 0 saturated carbocycles. The first kappa shape index (κ1) is 25.5. The molecule has 4 rings (SSSR count). The number of amidine groups is 1. The number of ether oxygens (including phenoxy) is 3. The lowest BCUT2D eigenvalue weighted by Crippen LogP contribution is -2.23. The molecule has 0 aromatic heterocycles. The average molecular weight is 567 g/mol. The third kappa shape index (κ3) is 5.98. The lowest BCUT2D eigenvalue weighted by Gasteiger charge is -2.11. The highest BCUT2D eigenvalue weighted by molar-refractivity contribution is 9.10. The first-order valence-electron chi connectivity index (χ1n) is 10.9. The Morgan fingerprint density at radius 1 is 1.06 bits per heavy atom. The van der Waals surface area contributed by atoms with E-state index in [0.717, 1.165) is 15.6 Å². The normalized spacial score (nSPS) is 15.4. The van der Waals surface area contributed by atoms with Crippen LogP contribution in [0.5, 0.6) is 11.5 Å². The third-order valence-corrected chi connectivity index (χ3v) is 6.88. The van der Waals surface area contributed by atoms with E-state index in [9.17, 15) is 9.59 Å². The van der Waals surface area contributed by atoms with Crippen LogP contribution < -0.4 is 9.47 Å². The van der Waals surface area contributed by atoms with Gasteiger partial charge in [-0.1, -0.05) is 40.2 Å². The zero-order valence-corrected chi connectivity index (χ0v) is 22.3. The summed E-state index contributed by atoms with van der Waals surface area (Å²) in [4.78, 5) is 31.2. The van der Waals surface area contributed by atoms with Gasteiger partial charge in [-0.2, -0.15) is 0 Å². The summed E-state index contributed by atoms with van der Waals surface area (Å²) >= 11 is 4.69. The number of carbonyl (C=O) groups is 2. The Balaban J connectivity index is 1.52. The number of likely N-dealkylation sites (N-methyl/N-ethyl adjacent to an activating group) is 1. The van der Waals surface area contributed by atoms with Crippen LogP contribution in [0.4, 0.5) is 5.69 Å². The van der Waals surface area contributed by atoms with E-state index in [-0.39, 0.29) is 5.91 Å². The summed E-state index contributed by atoms with van der Waals surface area (Å²) in [5.41, 5.74) is 2.77. The van der Waals surface area contributed by atoms with Crippen molar-refractivity contribution in [3.63, 3.8) is 0 Å². The van der Waals surface area contributed by atoms with Gasteiger partial charge in [0.25, 0.3) is 5.91 Å². The molecule has 0 unspecified atom stereocenters. The molecule has 1 amide bonds. The van der Waals surface area contributed by atoms with Crippen LogP contribution in [0.2, 0.25) is 0 Å². The van der Waals surface area contributed by atoms with Crippen LogP contribution in [0.25, 0.3) is 6.08 Å². The molecule has 184 valence electrons. The molecule has 36 heavy (non-hydrogen) atoms. The Kier molecular flexibility index (Phi) is 8.12. The van der Waals surface area contributed by atoms with E-state index in [1.807, 2.05) is 42.5 Å². The number of methoxy groups -OCH3 is 2. The second-order valence-corrected chi connectivity index (χ2v) is 9.66. The third-order valence-electron chi connectivity index (χ3n) is 5.29. The molecule has 1 aliphatic rings. The lowest BCUT2D eigenvalue weighted by atomic mass is 10.2. The van der Waals surface area contributed by atoms with Crippen molar-refractivity contribution in [3.8, 4) is 11.5 Å². The predicted octanol–water partition coefficient (Wildman–Crippen LogP) is 6.06. The smallest absolute Gasteiger partial charge is 0.337 e. The fraction of sp³-hybridized carbons (Fsp3) is 0.148. The van der Waals surface area contributed by atoms with Crippen molar-refractivity contribution in [2.24, 2.45) is 4.99 Å². The van der Waals surface area contributed by atoms with Crippen LogP contribution in [0.3, 0.4) is 0 Å². The molecule has 3 aromatic rings. The maximum atomic E-state index is 12.9. The number of rotatable bonds is 7. The first-order valence-corrected chi connectivity index (χ1v) is 12.5. The molecule has 3 aromatic carbocycles. The predicted molar refractivity (Wildman–Crippen MR) is 145 cm³/mol. The Morgan fingerprint density at radius 2 is 1.83 bits per heavy atom. The number of carbonyl (C=O) groups excluding carboxylic acids is 2. The van der Waals surface area contributed by atoms with Crippen molar-refractivity contribution < 1.29 is 23.8 Å². The maximum Gasteiger partial charge on any atom is 0.337 e. The SMILES string of the molecule is COC(=O)c1cccc(N=C2SC(=Cc3ccc(OCc4ccc(Br)cc4)c(OC)c3)C(=O)N2C)c1. The number of nitrogens with zero attached hydrogens (tertiary/aromatic N) is 2. The zero-order valence-electron chi connectivity index (χ0n) is 19.9. The van der Waals surface area contributed by atoms with Crippen LogP contribution in [0.15, 0.2) is 81.1 Å². The first-order chi connectivity index (χ1) is 17.4. The Labute approximate surface area is 221 Å². The van der Waals surface area contributed by atoms with Gasteiger partial charge in [0.05, 0.1) is 30.4 Å². The summed E-state index contributed by atoms with van der Waals surface area (Å²) in [6.45, 7) is 0.403. The molecular formula is C27H23BrN2O5S. The van der Waals surface area contributed by atoms with Crippen LogP contribution in [-0.4, -0.2) is 43.2 Å². The van der Waals surface area contributed by atoms with E-state index >= 15 is 0 Å². The number of amides is 1. The van der Waals surface area contributed by atoms with Crippen LogP contribution in [0, 0.1) is 0 Å². The average Bonchev–Trinajstić information content (AvgIpc) is 3.15. The van der Waals surface area contributed by atoms with Gasteiger partial charge < -0.3 is 14.2 Å². The number of esters is 1. The topological polar surface area (TPSA) is 77.4 Å². The van der Waals surface area contributed by atoms with Gasteiger partial charge in [0, 0.05) is 11.5 Å². The van der Waals surface area contributed by atoms with E-state index in [1.165, 1.54) is 23.8 Å². The highest BCUT2D eigenvalue weighted by Gasteiger charge is 2.30. The largest absolute Gasteiger partial charge is 0.493 e. The molecule has 0 spiro atoms. The van der Waals surface area contributed by atoms with E-state index in [0.29, 0.717) is 39.4 Å². The fourth-order valence-corrected chi connectivity index (χ4v) is 4.62. The molecule has 0 aliphatic carbocycles. The van der Waals surface area contributed by atoms with Crippen molar-refractivity contribution in [1.29, 1.82) is 0 Å². The molecule has 1 aliphatic heterocycles. The fourth-order valence-electron chi connectivity index (χ4n) is 3.37. The molecule has 0 bridgehead atoms. The highest BCUT2D eigenvalue weighted by Crippen LogP contribution is 2.35. The van der Waals surface area contributed by atoms with Gasteiger partial charge in [-0.15, -0.1) is 0 Å². The molecule has 9 heteroatoms. The second kappa shape index (κ2) is 11.5. The number of hydrogen-bond acceptors (Lipinski definition) is 7. The van der Waals surface area contributed by atoms with Gasteiger partial charge in [0.15, 0.2) is 16.7 Å². The number of aliphatic imine (C=N–C) groups is 1. The van der Waals surface area contributed by atoms with Gasteiger partial charge in [-0.25, -0.2) is 9.79 Å². The Morgan fingerprint density at radius 3 is 2.56 bits per heavy atom. The minimum atomic E-state index is -0.445. The van der Waals surface area contributed by atoms with Crippen molar-refractivity contribution >= 4 is 56.5 Å². The van der Waals surface area contributed by atoms with Crippen molar-refractivity contribution in [2.45, 2.75) is 6.61 Å². The summed E-state index contributed by atoms with van der Waals surface area (Å²) in [5, 5.41) is 0.509. The standard InChI is InChI=1S/C27H23BrN2O5S/c1-30-25(31)24(36-27(30)29-21-6-4-5-19(15-21)26(32)34-3)14-18-9-12-22(23(13-18)33-2)35-16-17-7-10-20(28)11-8-17/h4-15H,16H2,1-3H3. The monoisotopic (exact) mass is 566 g/mol. The molecule has 1 fully saturated rings. The van der Waals surface area contributed by atoms with Gasteiger partial charge in [-0.3, -0.25) is 9.69 Å². The van der Waals surface area contributed by atoms with Gasteiger partial charge >= 0.3 is 5.97 Å². The maximum absolute atomic E-state index is 12.9. The van der Waals surface area contributed by atoms with E-state index in [2.05, 4.69) is 20.9 Å². The summed E-state index contributed by atoms with van der Waals surface area (Å²) in [6.07, 6.45) is 1.79. The zero-order chi connectivity index (χ0) is 25.7. The lowest BCUT2D eigenvalue weighted by molar-refractivity contribution is -0.121. The molecule has 0 N–H and O–H groups in total. The summed E-state index contributed by atoms with van der Waals surface area (Å²) in [7, 11) is 4.57. The van der Waals surface area contributed by atoms with Crippen LogP contribution in [-0.2, 0) is 16.1 Å². The molecule has 1 saturated heterocycles. The number of benzene rings is 3. The van der Waals surface area contributed by atoms with Crippen LogP contribution in [0.1, 0.15) is 21.5 Å². The van der Waals surface area contributed by atoms with Crippen molar-refractivity contribution in [1.82, 2.24) is 4.90 Å². The molecule has 0 atom stereocenters. The minimum absolute atomic E-state index is 0.169. The van der Waals surface area contributed by atoms with Crippen molar-refractivity contribution in [3.05, 3.63) is 92.8 Å². The number of halogens is 1. The Bertz CT molecular complexity index is 1350. The number of hydrogen-bond donors (Lipinski definition) is 0. The van der Waals surface area contributed by atoms with E-state index in [1.54, 1.807) is 44.5 Å². The highest BCUT2D eigenvalue weighted by atomic mass is 79.9. The quantitative estimate of drug-likeness (QED) is 0.255. The van der Waals surface area contributed by atoms with Crippen molar-refractivity contribution in [2.75, 3.05) is 21.3 Å².